The number of nitriles is 1. The minimum atomic E-state index is -0.165. The van der Waals surface area contributed by atoms with Gasteiger partial charge in [-0.1, -0.05) is 0 Å². The highest BCUT2D eigenvalue weighted by Crippen LogP contribution is 2.13. The molecule has 4 nitrogen and oxygen atoms in total. The predicted octanol–water partition coefficient (Wildman–Crippen LogP) is 1.61. The molecule has 2 rings (SSSR count). The van der Waals surface area contributed by atoms with Gasteiger partial charge in [0, 0.05) is 25.5 Å². The molecule has 4 heteroatoms. The van der Waals surface area contributed by atoms with E-state index >= 15 is 0 Å². The molecule has 1 fully saturated rings. The van der Waals surface area contributed by atoms with E-state index < -0.39 is 0 Å². The molecule has 0 N–H and O–H groups in total. The Morgan fingerprint density at radius 1 is 1.35 bits per heavy atom. The monoisotopic (exact) mass is 227 g/mol. The number of amides is 1. The first-order valence-corrected chi connectivity index (χ1v) is 5.62. The molecule has 0 atom stereocenters. The van der Waals surface area contributed by atoms with E-state index in [1.807, 2.05) is 6.07 Å². The van der Waals surface area contributed by atoms with Crippen molar-refractivity contribution in [3.8, 4) is 6.07 Å². The van der Waals surface area contributed by atoms with Gasteiger partial charge in [-0.25, -0.2) is 0 Å². The van der Waals surface area contributed by atoms with Crippen LogP contribution < -0.4 is 0 Å². The van der Waals surface area contributed by atoms with Crippen LogP contribution >= 0.6 is 0 Å². The van der Waals surface area contributed by atoms with Crippen LogP contribution in [0.4, 0.5) is 0 Å². The van der Waals surface area contributed by atoms with Crippen molar-refractivity contribution in [2.75, 3.05) is 13.1 Å². The van der Waals surface area contributed by atoms with E-state index in [1.165, 1.54) is 0 Å². The zero-order valence-electron chi connectivity index (χ0n) is 9.47. The standard InChI is InChI=1S/C13H13N3O/c14-10-12(9-11-3-5-15-6-4-11)13(17)16-7-1-2-8-16/h3-6,9H,1-2,7-8H2/b12-9+. The largest absolute Gasteiger partial charge is 0.338 e. The third-order valence-electron chi connectivity index (χ3n) is 2.76. The fraction of sp³-hybridized carbons (Fsp3) is 0.308. The molecule has 86 valence electrons. The Kier molecular flexibility index (Phi) is 3.51. The van der Waals surface area contributed by atoms with Gasteiger partial charge in [-0.2, -0.15) is 5.26 Å². The van der Waals surface area contributed by atoms with E-state index in [-0.39, 0.29) is 11.5 Å². The van der Waals surface area contributed by atoms with Gasteiger partial charge in [0.1, 0.15) is 11.6 Å². The van der Waals surface area contributed by atoms with E-state index in [9.17, 15) is 4.79 Å². The molecule has 0 saturated carbocycles. The second kappa shape index (κ2) is 5.26. The Hall–Kier alpha value is -2.15. The minimum Gasteiger partial charge on any atom is -0.338 e. The number of rotatable bonds is 2. The van der Waals surface area contributed by atoms with Gasteiger partial charge in [-0.05, 0) is 36.6 Å². The van der Waals surface area contributed by atoms with Crippen molar-refractivity contribution in [2.45, 2.75) is 12.8 Å². The average molecular weight is 227 g/mol. The summed E-state index contributed by atoms with van der Waals surface area (Å²) in [6.45, 7) is 1.52. The summed E-state index contributed by atoms with van der Waals surface area (Å²) in [6, 6.07) is 5.52. The van der Waals surface area contributed by atoms with Crippen LogP contribution in [-0.2, 0) is 4.79 Å². The molecule has 1 aliphatic rings. The first-order chi connectivity index (χ1) is 8.31. The fourth-order valence-corrected chi connectivity index (χ4v) is 1.86. The summed E-state index contributed by atoms with van der Waals surface area (Å²) in [5.41, 5.74) is 1.02. The van der Waals surface area contributed by atoms with Gasteiger partial charge in [0.05, 0.1) is 0 Å². The number of nitrogens with zero attached hydrogens (tertiary/aromatic N) is 3. The molecular weight excluding hydrogens is 214 g/mol. The van der Waals surface area contributed by atoms with Gasteiger partial charge in [0.15, 0.2) is 0 Å². The highest BCUT2D eigenvalue weighted by Gasteiger charge is 2.21. The van der Waals surface area contributed by atoms with Crippen LogP contribution in [0.25, 0.3) is 6.08 Å². The van der Waals surface area contributed by atoms with Crippen molar-refractivity contribution < 1.29 is 4.79 Å². The maximum absolute atomic E-state index is 12.0. The number of aromatic nitrogens is 1. The van der Waals surface area contributed by atoms with Gasteiger partial charge >= 0.3 is 0 Å². The molecule has 0 bridgehead atoms. The molecule has 1 aromatic rings. The highest BCUT2D eigenvalue weighted by atomic mass is 16.2. The molecule has 0 aromatic carbocycles. The summed E-state index contributed by atoms with van der Waals surface area (Å²) in [4.78, 5) is 17.6. The van der Waals surface area contributed by atoms with Crippen LogP contribution in [0, 0.1) is 11.3 Å². The number of carbonyl (C=O) groups is 1. The summed E-state index contributed by atoms with van der Waals surface area (Å²) < 4.78 is 0. The highest BCUT2D eigenvalue weighted by molar-refractivity contribution is 6.01. The second-order valence-corrected chi connectivity index (χ2v) is 3.95. The minimum absolute atomic E-state index is 0.165. The van der Waals surface area contributed by atoms with Gasteiger partial charge in [0.25, 0.3) is 5.91 Å². The van der Waals surface area contributed by atoms with Crippen molar-refractivity contribution >= 4 is 12.0 Å². The Morgan fingerprint density at radius 2 is 2.00 bits per heavy atom. The number of pyridine rings is 1. The van der Waals surface area contributed by atoms with Gasteiger partial charge < -0.3 is 4.90 Å². The summed E-state index contributed by atoms with van der Waals surface area (Å²) >= 11 is 0. The lowest BCUT2D eigenvalue weighted by atomic mass is 10.1. The Balaban J connectivity index is 2.19. The molecule has 1 aromatic heterocycles. The molecule has 0 radical (unpaired) electrons. The SMILES string of the molecule is N#C/C(=C\c1ccncc1)C(=O)N1CCCC1. The third-order valence-corrected chi connectivity index (χ3v) is 2.76. The van der Waals surface area contributed by atoms with Crippen molar-refractivity contribution in [3.05, 3.63) is 35.7 Å². The summed E-state index contributed by atoms with van der Waals surface area (Å²) in [6.07, 6.45) is 6.95. The number of hydrogen-bond donors (Lipinski definition) is 0. The van der Waals surface area contributed by atoms with Crippen molar-refractivity contribution in [3.63, 3.8) is 0 Å². The lowest BCUT2D eigenvalue weighted by Crippen LogP contribution is -2.28. The topological polar surface area (TPSA) is 57.0 Å². The van der Waals surface area contributed by atoms with Crippen molar-refractivity contribution in [2.24, 2.45) is 0 Å². The lowest BCUT2D eigenvalue weighted by Gasteiger charge is -2.13. The maximum Gasteiger partial charge on any atom is 0.264 e. The average Bonchev–Trinajstić information content (AvgIpc) is 2.90. The lowest BCUT2D eigenvalue weighted by molar-refractivity contribution is -0.125. The molecule has 0 aliphatic carbocycles. The summed E-state index contributed by atoms with van der Waals surface area (Å²) in [5.74, 6) is -0.165. The first-order valence-electron chi connectivity index (χ1n) is 5.62. The normalized spacial score (nSPS) is 15.7. The number of likely N-dealkylation sites (tertiary alicyclic amines) is 1. The Morgan fingerprint density at radius 3 is 2.59 bits per heavy atom. The van der Waals surface area contributed by atoms with E-state index in [0.29, 0.717) is 0 Å². The van der Waals surface area contributed by atoms with Crippen LogP contribution in [0.3, 0.4) is 0 Å². The van der Waals surface area contributed by atoms with Crippen LogP contribution in [-0.4, -0.2) is 28.9 Å². The van der Waals surface area contributed by atoms with E-state index in [1.54, 1.807) is 35.5 Å². The molecule has 17 heavy (non-hydrogen) atoms. The molecule has 1 amide bonds. The van der Waals surface area contributed by atoms with Crippen LogP contribution in [0.5, 0.6) is 0 Å². The van der Waals surface area contributed by atoms with E-state index in [0.717, 1.165) is 31.5 Å². The van der Waals surface area contributed by atoms with Crippen LogP contribution in [0.15, 0.2) is 30.1 Å². The molecule has 0 unspecified atom stereocenters. The molecule has 2 heterocycles. The summed E-state index contributed by atoms with van der Waals surface area (Å²) in [5, 5.41) is 9.04. The van der Waals surface area contributed by atoms with Crippen molar-refractivity contribution in [1.82, 2.24) is 9.88 Å². The predicted molar refractivity (Wildman–Crippen MR) is 63.6 cm³/mol. The molecule has 0 spiro atoms. The zero-order chi connectivity index (χ0) is 12.1. The van der Waals surface area contributed by atoms with Crippen molar-refractivity contribution in [1.29, 1.82) is 5.26 Å². The van der Waals surface area contributed by atoms with Gasteiger partial charge in [0.2, 0.25) is 0 Å². The van der Waals surface area contributed by atoms with Crippen LogP contribution in [0.1, 0.15) is 18.4 Å². The number of hydrogen-bond acceptors (Lipinski definition) is 3. The van der Waals surface area contributed by atoms with Gasteiger partial charge in [-0.3, -0.25) is 9.78 Å². The van der Waals surface area contributed by atoms with E-state index in [2.05, 4.69) is 4.98 Å². The van der Waals surface area contributed by atoms with Gasteiger partial charge in [-0.15, -0.1) is 0 Å². The Labute approximate surface area is 100 Å². The number of carbonyl (C=O) groups excluding carboxylic acids is 1. The zero-order valence-corrected chi connectivity index (χ0v) is 9.47. The van der Waals surface area contributed by atoms with E-state index in [4.69, 9.17) is 5.26 Å². The first kappa shape index (κ1) is 11.3. The van der Waals surface area contributed by atoms with Crippen LogP contribution in [0.2, 0.25) is 0 Å². The molecule has 1 aliphatic heterocycles. The maximum atomic E-state index is 12.0. The third kappa shape index (κ3) is 2.70. The quantitative estimate of drug-likeness (QED) is 0.569. The second-order valence-electron chi connectivity index (χ2n) is 3.95. The smallest absolute Gasteiger partial charge is 0.264 e. The molecule has 1 saturated heterocycles. The fourth-order valence-electron chi connectivity index (χ4n) is 1.86. The Bertz CT molecular complexity index is 467. The summed E-state index contributed by atoms with van der Waals surface area (Å²) in [7, 11) is 0. The molecular formula is C13H13N3O.